The highest BCUT2D eigenvalue weighted by Crippen LogP contribution is 2.47. The number of aromatic hydroxyl groups is 2. The Kier molecular flexibility index (Phi) is 3.56. The number of phenols is 2. The number of para-hydroxylation sites is 1. The minimum Gasteiger partial charge on any atom is -0.508 e. The van der Waals surface area contributed by atoms with E-state index in [0.29, 0.717) is 0 Å². The molecule has 4 aromatic carbocycles. The number of hydrazine groups is 1. The summed E-state index contributed by atoms with van der Waals surface area (Å²) in [4.78, 5) is 2.18. The number of aromatic nitrogens is 1. The average Bonchev–Trinajstić information content (AvgIpc) is 3.06. The zero-order chi connectivity index (χ0) is 20.4. The van der Waals surface area contributed by atoms with Gasteiger partial charge in [0.1, 0.15) is 11.5 Å². The van der Waals surface area contributed by atoms with E-state index >= 15 is 0 Å². The summed E-state index contributed by atoms with van der Waals surface area (Å²) in [6.07, 6.45) is 0. The first kappa shape index (κ1) is 17.3. The maximum absolute atomic E-state index is 10.0. The topological polar surface area (TPSA) is 74.7 Å². The van der Waals surface area contributed by atoms with Gasteiger partial charge < -0.3 is 14.8 Å². The van der Waals surface area contributed by atoms with Crippen LogP contribution in [-0.4, -0.2) is 14.8 Å². The van der Waals surface area contributed by atoms with Crippen LogP contribution in [0.3, 0.4) is 0 Å². The molecule has 5 aromatic rings. The summed E-state index contributed by atoms with van der Waals surface area (Å²) < 4.78 is 2.14. The molecule has 0 atom stereocenters. The van der Waals surface area contributed by atoms with Gasteiger partial charge >= 0.3 is 0 Å². The van der Waals surface area contributed by atoms with Gasteiger partial charge in [-0.1, -0.05) is 23.9 Å². The summed E-state index contributed by atoms with van der Waals surface area (Å²) in [5, 5.41) is 23.6. The maximum Gasteiger partial charge on any atom is 0.116 e. The number of nitrogens with zero attached hydrogens (tertiary/aromatic N) is 2. The van der Waals surface area contributed by atoms with E-state index in [1.807, 2.05) is 42.5 Å². The van der Waals surface area contributed by atoms with E-state index in [0.717, 1.165) is 48.7 Å². The standard InChI is InChI=1S/C24H17N3O2S/c25-27-21-3-1-2-4-23(21)30-24-11-14(5-8-22(24)27)26-19-9-6-15(28)12-17(19)18-13-16(29)7-10-20(18)26/h1-13,28-29H,25H2. The van der Waals surface area contributed by atoms with Crippen molar-refractivity contribution < 1.29 is 10.2 Å². The van der Waals surface area contributed by atoms with Crippen LogP contribution in [-0.2, 0) is 0 Å². The van der Waals surface area contributed by atoms with E-state index in [-0.39, 0.29) is 11.5 Å². The first-order valence-electron chi connectivity index (χ1n) is 9.52. The van der Waals surface area contributed by atoms with Gasteiger partial charge in [0, 0.05) is 26.3 Å². The maximum atomic E-state index is 10.0. The van der Waals surface area contributed by atoms with Crippen molar-refractivity contribution in [3.63, 3.8) is 0 Å². The highest BCUT2D eigenvalue weighted by molar-refractivity contribution is 7.99. The first-order valence-corrected chi connectivity index (χ1v) is 10.3. The second kappa shape index (κ2) is 6.19. The molecule has 4 N–H and O–H groups in total. The fourth-order valence-electron chi connectivity index (χ4n) is 4.19. The minimum atomic E-state index is 0.196. The second-order valence-corrected chi connectivity index (χ2v) is 8.41. The van der Waals surface area contributed by atoms with Gasteiger partial charge in [-0.05, 0) is 66.7 Å². The quantitative estimate of drug-likeness (QED) is 0.310. The molecule has 146 valence electrons. The number of phenolic OH excluding ortho intramolecular Hbond substituents is 2. The molecule has 1 aliphatic rings. The van der Waals surface area contributed by atoms with Crippen LogP contribution in [0.5, 0.6) is 11.5 Å². The summed E-state index contributed by atoms with van der Waals surface area (Å²) in [6, 6.07) is 24.9. The monoisotopic (exact) mass is 411 g/mol. The van der Waals surface area contributed by atoms with Crippen molar-refractivity contribution in [2.45, 2.75) is 9.79 Å². The number of anilines is 2. The molecule has 0 saturated heterocycles. The van der Waals surface area contributed by atoms with E-state index in [1.54, 1.807) is 41.0 Å². The van der Waals surface area contributed by atoms with Gasteiger partial charge in [0.2, 0.25) is 0 Å². The van der Waals surface area contributed by atoms with Crippen molar-refractivity contribution in [1.29, 1.82) is 0 Å². The Morgan fingerprint density at radius 1 is 0.667 bits per heavy atom. The Morgan fingerprint density at radius 2 is 1.30 bits per heavy atom. The largest absolute Gasteiger partial charge is 0.508 e. The van der Waals surface area contributed by atoms with Crippen molar-refractivity contribution in [1.82, 2.24) is 4.57 Å². The van der Waals surface area contributed by atoms with Gasteiger partial charge in [-0.15, -0.1) is 0 Å². The lowest BCUT2D eigenvalue weighted by atomic mass is 10.1. The highest BCUT2D eigenvalue weighted by atomic mass is 32.2. The van der Waals surface area contributed by atoms with Crippen molar-refractivity contribution in [2.24, 2.45) is 5.84 Å². The molecule has 6 rings (SSSR count). The molecular formula is C24H17N3O2S. The summed E-state index contributed by atoms with van der Waals surface area (Å²) >= 11 is 1.70. The predicted octanol–water partition coefficient (Wildman–Crippen LogP) is 5.67. The lowest BCUT2D eigenvalue weighted by Gasteiger charge is -2.29. The Morgan fingerprint density at radius 3 is 2.00 bits per heavy atom. The lowest BCUT2D eigenvalue weighted by Crippen LogP contribution is -2.27. The summed E-state index contributed by atoms with van der Waals surface area (Å²) in [6.45, 7) is 0. The zero-order valence-corrected chi connectivity index (χ0v) is 16.6. The molecule has 0 bridgehead atoms. The van der Waals surface area contributed by atoms with Gasteiger partial charge in [0.05, 0.1) is 22.4 Å². The van der Waals surface area contributed by atoms with E-state index < -0.39 is 0 Å². The zero-order valence-electron chi connectivity index (χ0n) is 15.8. The summed E-state index contributed by atoms with van der Waals surface area (Å²) in [5.41, 5.74) is 4.85. The van der Waals surface area contributed by atoms with Crippen LogP contribution >= 0.6 is 11.8 Å². The molecule has 0 radical (unpaired) electrons. The Balaban J connectivity index is 1.61. The van der Waals surface area contributed by atoms with Crippen LogP contribution in [0.25, 0.3) is 27.5 Å². The van der Waals surface area contributed by atoms with E-state index in [4.69, 9.17) is 5.84 Å². The molecular weight excluding hydrogens is 394 g/mol. The molecule has 6 heteroatoms. The number of hydrogen-bond acceptors (Lipinski definition) is 5. The van der Waals surface area contributed by atoms with Crippen molar-refractivity contribution >= 4 is 44.9 Å². The normalized spacial score (nSPS) is 12.9. The van der Waals surface area contributed by atoms with Crippen LogP contribution in [0.1, 0.15) is 0 Å². The third-order valence-corrected chi connectivity index (χ3v) is 6.65. The van der Waals surface area contributed by atoms with Crippen LogP contribution in [0.4, 0.5) is 11.4 Å². The highest BCUT2D eigenvalue weighted by Gasteiger charge is 2.22. The van der Waals surface area contributed by atoms with Crippen LogP contribution in [0, 0.1) is 0 Å². The van der Waals surface area contributed by atoms with Gasteiger partial charge in [-0.25, -0.2) is 5.84 Å². The van der Waals surface area contributed by atoms with Gasteiger partial charge in [-0.3, -0.25) is 5.01 Å². The fourth-order valence-corrected chi connectivity index (χ4v) is 5.30. The lowest BCUT2D eigenvalue weighted by molar-refractivity contribution is 0.475. The van der Waals surface area contributed by atoms with Crippen LogP contribution in [0.15, 0.2) is 88.7 Å². The van der Waals surface area contributed by atoms with Crippen LogP contribution in [0.2, 0.25) is 0 Å². The first-order chi connectivity index (χ1) is 14.6. The van der Waals surface area contributed by atoms with Crippen molar-refractivity contribution in [3.8, 4) is 17.2 Å². The minimum absolute atomic E-state index is 0.196. The Labute approximate surface area is 176 Å². The predicted molar refractivity (Wildman–Crippen MR) is 121 cm³/mol. The third-order valence-electron chi connectivity index (χ3n) is 5.54. The number of hydrogen-bond donors (Lipinski definition) is 3. The summed E-state index contributed by atoms with van der Waals surface area (Å²) in [5.74, 6) is 6.79. The van der Waals surface area contributed by atoms with Gasteiger partial charge in [0.15, 0.2) is 0 Å². The van der Waals surface area contributed by atoms with Gasteiger partial charge in [-0.2, -0.15) is 0 Å². The number of nitrogens with two attached hydrogens (primary N) is 1. The average molecular weight is 411 g/mol. The Hall–Kier alpha value is -3.61. The smallest absolute Gasteiger partial charge is 0.116 e. The molecule has 0 fully saturated rings. The molecule has 0 spiro atoms. The number of fused-ring (bicyclic) bond motifs is 5. The third kappa shape index (κ3) is 2.41. The van der Waals surface area contributed by atoms with E-state index in [2.05, 4.69) is 16.7 Å². The van der Waals surface area contributed by atoms with E-state index in [1.165, 1.54) is 0 Å². The second-order valence-electron chi connectivity index (χ2n) is 7.33. The van der Waals surface area contributed by atoms with Crippen molar-refractivity contribution in [3.05, 3.63) is 78.9 Å². The molecule has 0 aliphatic carbocycles. The molecule has 0 amide bonds. The summed E-state index contributed by atoms with van der Waals surface area (Å²) in [7, 11) is 0. The molecule has 2 heterocycles. The molecule has 1 aliphatic heterocycles. The Bertz CT molecular complexity index is 1420. The molecule has 5 nitrogen and oxygen atoms in total. The van der Waals surface area contributed by atoms with Gasteiger partial charge in [0.25, 0.3) is 0 Å². The van der Waals surface area contributed by atoms with E-state index in [9.17, 15) is 10.2 Å². The SMILES string of the molecule is NN1c2ccccc2Sc2cc(-n3c4ccc(O)cc4c4cc(O)ccc43)ccc21. The van der Waals surface area contributed by atoms with Crippen molar-refractivity contribution in [2.75, 3.05) is 5.01 Å². The number of benzene rings is 4. The van der Waals surface area contributed by atoms with Crippen LogP contribution < -0.4 is 10.9 Å². The molecule has 1 aromatic heterocycles. The molecule has 0 unspecified atom stereocenters. The molecule has 30 heavy (non-hydrogen) atoms. The molecule has 0 saturated carbocycles. The number of rotatable bonds is 1. The fraction of sp³-hybridized carbons (Fsp3) is 0.